The molecule has 4 heterocycles. The molecule has 0 amide bonds. The predicted octanol–water partition coefficient (Wildman–Crippen LogP) is 3.98. The molecule has 1 N–H and O–H groups in total. The van der Waals surface area contributed by atoms with Crippen LogP contribution in [-0.4, -0.2) is 18.9 Å². The Bertz CT molecular complexity index is 1320. The minimum absolute atomic E-state index is 0.172. The number of aromatic nitrogens is 3. The van der Waals surface area contributed by atoms with Crippen molar-refractivity contribution >= 4 is 22.1 Å². The fourth-order valence-electron chi connectivity index (χ4n) is 3.43. The molecule has 0 aliphatic carbocycles. The summed E-state index contributed by atoms with van der Waals surface area (Å²) in [5.41, 5.74) is 3.68. The zero-order chi connectivity index (χ0) is 17.0. The van der Waals surface area contributed by atoms with Gasteiger partial charge in [0.25, 0.3) is 0 Å². The van der Waals surface area contributed by atoms with Gasteiger partial charge in [-0.25, -0.2) is 4.98 Å². The summed E-state index contributed by atoms with van der Waals surface area (Å²) in [4.78, 5) is 4.82. The number of nitriles is 1. The van der Waals surface area contributed by atoms with E-state index in [4.69, 9.17) is 4.98 Å². The summed E-state index contributed by atoms with van der Waals surface area (Å²) in [6, 6.07) is 19.1. The highest BCUT2D eigenvalue weighted by Crippen LogP contribution is 2.34. The number of hydrogen-bond acceptors (Lipinski definition) is 3. The van der Waals surface area contributed by atoms with Gasteiger partial charge in [0.1, 0.15) is 17.5 Å². The molecular formula is C20H12N4O. The summed E-state index contributed by atoms with van der Waals surface area (Å²) in [6.07, 6.45) is 3.80. The lowest BCUT2D eigenvalue weighted by molar-refractivity contribution is 0.477. The van der Waals surface area contributed by atoms with E-state index in [1.807, 2.05) is 63.7 Å². The van der Waals surface area contributed by atoms with Gasteiger partial charge in [-0.1, -0.05) is 18.2 Å². The molecule has 118 valence electrons. The average Bonchev–Trinajstić information content (AvgIpc) is 3.24. The average molecular weight is 324 g/mol. The first-order valence-electron chi connectivity index (χ1n) is 7.88. The number of benzene rings is 1. The van der Waals surface area contributed by atoms with Gasteiger partial charge in [-0.3, -0.25) is 4.40 Å². The number of nitrogens with zero attached hydrogens (tertiary/aromatic N) is 4. The van der Waals surface area contributed by atoms with Gasteiger partial charge in [0.15, 0.2) is 5.82 Å². The van der Waals surface area contributed by atoms with Crippen LogP contribution in [0.5, 0.6) is 5.75 Å². The summed E-state index contributed by atoms with van der Waals surface area (Å²) in [6.45, 7) is 0. The lowest BCUT2D eigenvalue weighted by Gasteiger charge is -2.09. The Morgan fingerprint density at radius 3 is 2.48 bits per heavy atom. The molecule has 0 spiro atoms. The summed E-state index contributed by atoms with van der Waals surface area (Å²) in [5.74, 6) is 0.809. The monoisotopic (exact) mass is 324 g/mol. The summed E-state index contributed by atoms with van der Waals surface area (Å²) in [7, 11) is 0. The molecule has 0 aliphatic heterocycles. The van der Waals surface area contributed by atoms with Crippen LogP contribution in [0.3, 0.4) is 0 Å². The normalized spacial score (nSPS) is 11.3. The summed E-state index contributed by atoms with van der Waals surface area (Å²) in [5, 5.41) is 20.8. The third kappa shape index (κ3) is 1.73. The quantitative estimate of drug-likeness (QED) is 0.507. The van der Waals surface area contributed by atoms with E-state index in [1.165, 1.54) is 0 Å². The third-order valence-electron chi connectivity index (χ3n) is 4.52. The molecule has 5 nitrogen and oxygen atoms in total. The van der Waals surface area contributed by atoms with E-state index in [9.17, 15) is 10.4 Å². The van der Waals surface area contributed by atoms with Crippen LogP contribution in [0.2, 0.25) is 0 Å². The minimum Gasteiger partial charge on any atom is -0.507 e. The molecule has 0 unspecified atom stereocenters. The van der Waals surface area contributed by atoms with Crippen molar-refractivity contribution in [2.75, 3.05) is 0 Å². The van der Waals surface area contributed by atoms with Crippen LogP contribution in [-0.2, 0) is 0 Å². The minimum atomic E-state index is 0.172. The van der Waals surface area contributed by atoms with Crippen molar-refractivity contribution in [1.29, 1.82) is 5.26 Å². The van der Waals surface area contributed by atoms with Crippen molar-refractivity contribution in [3.63, 3.8) is 0 Å². The van der Waals surface area contributed by atoms with Crippen molar-refractivity contribution in [2.24, 2.45) is 0 Å². The highest BCUT2D eigenvalue weighted by molar-refractivity contribution is 6.04. The summed E-state index contributed by atoms with van der Waals surface area (Å²) < 4.78 is 3.84. The maximum absolute atomic E-state index is 10.3. The van der Waals surface area contributed by atoms with E-state index in [0.29, 0.717) is 22.6 Å². The highest BCUT2D eigenvalue weighted by atomic mass is 16.3. The fraction of sp³-hybridized carbons (Fsp3) is 0. The Labute approximate surface area is 142 Å². The van der Waals surface area contributed by atoms with Crippen molar-refractivity contribution in [3.05, 3.63) is 72.6 Å². The SMILES string of the molecule is N#Cc1c2c3cccn3c(-c3ccccc3O)nc2n2ccccc12. The number of fused-ring (bicyclic) bond motifs is 5. The van der Waals surface area contributed by atoms with Crippen molar-refractivity contribution < 1.29 is 5.11 Å². The number of phenols is 1. The zero-order valence-electron chi connectivity index (χ0n) is 13.1. The van der Waals surface area contributed by atoms with Gasteiger partial charge in [0.05, 0.1) is 27.5 Å². The van der Waals surface area contributed by atoms with E-state index in [-0.39, 0.29) is 5.75 Å². The molecule has 0 radical (unpaired) electrons. The van der Waals surface area contributed by atoms with E-state index in [2.05, 4.69) is 6.07 Å². The predicted molar refractivity (Wildman–Crippen MR) is 95.5 cm³/mol. The van der Waals surface area contributed by atoms with Gasteiger partial charge in [0.2, 0.25) is 0 Å². The number of aromatic hydroxyl groups is 1. The lowest BCUT2D eigenvalue weighted by Crippen LogP contribution is -1.97. The number of para-hydroxylation sites is 1. The largest absolute Gasteiger partial charge is 0.507 e. The molecule has 5 aromatic rings. The van der Waals surface area contributed by atoms with E-state index >= 15 is 0 Å². The molecule has 0 saturated carbocycles. The third-order valence-corrected chi connectivity index (χ3v) is 4.52. The molecule has 0 atom stereocenters. The summed E-state index contributed by atoms with van der Waals surface area (Å²) >= 11 is 0. The second-order valence-electron chi connectivity index (χ2n) is 5.86. The maximum atomic E-state index is 10.3. The maximum Gasteiger partial charge on any atom is 0.150 e. The van der Waals surface area contributed by atoms with Crippen molar-refractivity contribution in [2.45, 2.75) is 0 Å². The van der Waals surface area contributed by atoms with E-state index < -0.39 is 0 Å². The van der Waals surface area contributed by atoms with Crippen molar-refractivity contribution in [3.8, 4) is 23.2 Å². The molecule has 1 aromatic carbocycles. The van der Waals surface area contributed by atoms with Gasteiger partial charge < -0.3 is 9.51 Å². The first kappa shape index (κ1) is 13.6. The van der Waals surface area contributed by atoms with Crippen LogP contribution in [0.25, 0.3) is 33.5 Å². The van der Waals surface area contributed by atoms with Gasteiger partial charge >= 0.3 is 0 Å². The van der Waals surface area contributed by atoms with Crippen LogP contribution < -0.4 is 0 Å². The van der Waals surface area contributed by atoms with Gasteiger partial charge in [-0.2, -0.15) is 5.26 Å². The second-order valence-corrected chi connectivity index (χ2v) is 5.86. The van der Waals surface area contributed by atoms with Gasteiger partial charge in [-0.05, 0) is 36.4 Å². The molecule has 4 aromatic heterocycles. The van der Waals surface area contributed by atoms with Crippen LogP contribution in [0.1, 0.15) is 5.56 Å². The topological polar surface area (TPSA) is 65.7 Å². The first-order chi connectivity index (χ1) is 12.3. The molecule has 0 saturated heterocycles. The highest BCUT2D eigenvalue weighted by Gasteiger charge is 2.19. The Morgan fingerprint density at radius 2 is 1.64 bits per heavy atom. The zero-order valence-corrected chi connectivity index (χ0v) is 13.1. The second kappa shape index (κ2) is 4.86. The van der Waals surface area contributed by atoms with Gasteiger partial charge in [-0.15, -0.1) is 0 Å². The van der Waals surface area contributed by atoms with Crippen molar-refractivity contribution in [1.82, 2.24) is 13.8 Å². The van der Waals surface area contributed by atoms with Crippen LogP contribution >= 0.6 is 0 Å². The molecule has 25 heavy (non-hydrogen) atoms. The Kier molecular flexibility index (Phi) is 2.65. The number of pyridine rings is 1. The molecule has 0 fully saturated rings. The Morgan fingerprint density at radius 1 is 0.880 bits per heavy atom. The van der Waals surface area contributed by atoms with Crippen LogP contribution in [0.4, 0.5) is 0 Å². The smallest absolute Gasteiger partial charge is 0.150 e. The first-order valence-corrected chi connectivity index (χ1v) is 7.88. The Hall–Kier alpha value is -3.78. The number of phenolic OH excluding ortho intramolecular Hbond substituents is 1. The number of hydrogen-bond donors (Lipinski definition) is 1. The molecule has 5 rings (SSSR count). The Balaban J connectivity index is 2.06. The lowest BCUT2D eigenvalue weighted by atomic mass is 10.1. The van der Waals surface area contributed by atoms with E-state index in [0.717, 1.165) is 16.4 Å². The fourth-order valence-corrected chi connectivity index (χ4v) is 3.43. The number of rotatable bonds is 1. The molecule has 0 bridgehead atoms. The molecule has 5 heteroatoms. The molecule has 0 aliphatic rings. The van der Waals surface area contributed by atoms with Gasteiger partial charge in [0, 0.05) is 12.4 Å². The standard InChI is InChI=1S/C20H12N4O/c21-12-14-15-7-3-4-10-23(15)20-18(14)16-8-5-11-24(16)19(22-20)13-6-1-2-9-17(13)25/h1-11,25H. The molecular weight excluding hydrogens is 312 g/mol. The van der Waals surface area contributed by atoms with Crippen LogP contribution in [0, 0.1) is 11.3 Å². The van der Waals surface area contributed by atoms with Crippen LogP contribution in [0.15, 0.2) is 67.0 Å². The van der Waals surface area contributed by atoms with E-state index in [1.54, 1.807) is 12.1 Å².